The average molecular weight is 357 g/mol. The minimum absolute atomic E-state index is 0.448. The van der Waals surface area contributed by atoms with Crippen LogP contribution in [0.3, 0.4) is 0 Å². The second-order valence-electron chi connectivity index (χ2n) is 6.29. The van der Waals surface area contributed by atoms with E-state index in [1.807, 2.05) is 12.1 Å². The molecule has 1 aromatic carbocycles. The van der Waals surface area contributed by atoms with Gasteiger partial charge in [-0.05, 0) is 30.7 Å². The second kappa shape index (κ2) is 9.35. The molecule has 7 nitrogen and oxygen atoms in total. The van der Waals surface area contributed by atoms with Crippen LogP contribution >= 0.6 is 0 Å². The maximum absolute atomic E-state index is 5.51. The van der Waals surface area contributed by atoms with Gasteiger partial charge in [-0.25, -0.2) is 0 Å². The first kappa shape index (κ1) is 18.4. The standard InChI is InChI=1S/C19H27N5O2/c1-16-3-2-4-17(15-16)23-8-10-24(11-9-23)18-5-6-19(22-21-18)26-14-13-25-12-7-20/h2-6,15H,7-14,20H2,1H3. The van der Waals surface area contributed by atoms with Crippen LogP contribution in [0.5, 0.6) is 5.88 Å². The number of nitrogens with zero attached hydrogens (tertiary/aromatic N) is 4. The highest BCUT2D eigenvalue weighted by atomic mass is 16.5. The van der Waals surface area contributed by atoms with E-state index in [1.165, 1.54) is 11.3 Å². The van der Waals surface area contributed by atoms with Gasteiger partial charge in [-0.15, -0.1) is 10.2 Å². The van der Waals surface area contributed by atoms with Crippen molar-refractivity contribution in [2.75, 3.05) is 62.3 Å². The highest BCUT2D eigenvalue weighted by Crippen LogP contribution is 2.20. The minimum Gasteiger partial charge on any atom is -0.474 e. The van der Waals surface area contributed by atoms with Gasteiger partial charge in [-0.3, -0.25) is 0 Å². The summed E-state index contributed by atoms with van der Waals surface area (Å²) in [6.07, 6.45) is 0. The fourth-order valence-electron chi connectivity index (χ4n) is 2.97. The highest BCUT2D eigenvalue weighted by molar-refractivity contribution is 5.50. The summed E-state index contributed by atoms with van der Waals surface area (Å²) >= 11 is 0. The lowest BCUT2D eigenvalue weighted by Gasteiger charge is -2.36. The van der Waals surface area contributed by atoms with Crippen molar-refractivity contribution in [3.05, 3.63) is 42.0 Å². The van der Waals surface area contributed by atoms with Gasteiger partial charge >= 0.3 is 0 Å². The Labute approximate surface area is 154 Å². The Hall–Kier alpha value is -2.38. The zero-order chi connectivity index (χ0) is 18.2. The fraction of sp³-hybridized carbons (Fsp3) is 0.474. The second-order valence-corrected chi connectivity index (χ2v) is 6.29. The lowest BCUT2D eigenvalue weighted by molar-refractivity contribution is 0.104. The first-order valence-corrected chi connectivity index (χ1v) is 9.07. The van der Waals surface area contributed by atoms with E-state index in [2.05, 4.69) is 51.2 Å². The Bertz CT molecular complexity index is 672. The molecule has 0 radical (unpaired) electrons. The lowest BCUT2D eigenvalue weighted by atomic mass is 10.2. The smallest absolute Gasteiger partial charge is 0.233 e. The number of benzene rings is 1. The first-order valence-electron chi connectivity index (χ1n) is 9.07. The third-order valence-electron chi connectivity index (χ3n) is 4.34. The predicted octanol–water partition coefficient (Wildman–Crippen LogP) is 1.47. The number of anilines is 2. The molecule has 2 heterocycles. The summed E-state index contributed by atoms with van der Waals surface area (Å²) in [4.78, 5) is 4.67. The van der Waals surface area contributed by atoms with Crippen LogP contribution in [-0.4, -0.2) is 62.7 Å². The Morgan fingerprint density at radius 1 is 0.962 bits per heavy atom. The summed E-state index contributed by atoms with van der Waals surface area (Å²) in [5.41, 5.74) is 7.94. The quantitative estimate of drug-likeness (QED) is 0.717. The van der Waals surface area contributed by atoms with Gasteiger partial charge in [-0.1, -0.05) is 12.1 Å². The van der Waals surface area contributed by atoms with E-state index in [0.717, 1.165) is 32.0 Å². The van der Waals surface area contributed by atoms with E-state index in [1.54, 1.807) is 0 Å². The highest BCUT2D eigenvalue weighted by Gasteiger charge is 2.18. The monoisotopic (exact) mass is 357 g/mol. The molecule has 1 aliphatic heterocycles. The molecule has 0 spiro atoms. The largest absolute Gasteiger partial charge is 0.474 e. The zero-order valence-corrected chi connectivity index (χ0v) is 15.3. The zero-order valence-electron chi connectivity index (χ0n) is 15.3. The summed E-state index contributed by atoms with van der Waals surface area (Å²) in [5, 5.41) is 8.45. The van der Waals surface area contributed by atoms with Crippen molar-refractivity contribution in [3.63, 3.8) is 0 Å². The molecule has 0 aliphatic carbocycles. The summed E-state index contributed by atoms with van der Waals surface area (Å²) in [6.45, 7) is 7.94. The molecule has 0 saturated carbocycles. The van der Waals surface area contributed by atoms with E-state index in [0.29, 0.717) is 32.2 Å². The van der Waals surface area contributed by atoms with Crippen molar-refractivity contribution < 1.29 is 9.47 Å². The van der Waals surface area contributed by atoms with E-state index >= 15 is 0 Å². The molecule has 140 valence electrons. The molecule has 2 aromatic rings. The van der Waals surface area contributed by atoms with E-state index in [-0.39, 0.29) is 0 Å². The van der Waals surface area contributed by atoms with Crippen molar-refractivity contribution in [3.8, 4) is 5.88 Å². The third-order valence-corrected chi connectivity index (χ3v) is 4.34. The van der Waals surface area contributed by atoms with Gasteiger partial charge < -0.3 is 25.0 Å². The number of hydrogen-bond acceptors (Lipinski definition) is 7. The van der Waals surface area contributed by atoms with Gasteiger partial charge in [0.2, 0.25) is 5.88 Å². The Morgan fingerprint density at radius 2 is 1.77 bits per heavy atom. The van der Waals surface area contributed by atoms with Crippen molar-refractivity contribution >= 4 is 11.5 Å². The van der Waals surface area contributed by atoms with Crippen LogP contribution in [0.1, 0.15) is 5.56 Å². The average Bonchev–Trinajstić information content (AvgIpc) is 2.68. The predicted molar refractivity (Wildman–Crippen MR) is 103 cm³/mol. The number of hydrogen-bond donors (Lipinski definition) is 1. The summed E-state index contributed by atoms with van der Waals surface area (Å²) in [6, 6.07) is 12.5. The van der Waals surface area contributed by atoms with Crippen molar-refractivity contribution in [1.29, 1.82) is 0 Å². The fourth-order valence-corrected chi connectivity index (χ4v) is 2.97. The molecule has 1 aromatic heterocycles. The van der Waals surface area contributed by atoms with Crippen LogP contribution in [0.2, 0.25) is 0 Å². The van der Waals surface area contributed by atoms with Gasteiger partial charge in [-0.2, -0.15) is 0 Å². The molecule has 1 aliphatic rings. The van der Waals surface area contributed by atoms with Crippen molar-refractivity contribution in [1.82, 2.24) is 10.2 Å². The topological polar surface area (TPSA) is 76.7 Å². The van der Waals surface area contributed by atoms with E-state index < -0.39 is 0 Å². The van der Waals surface area contributed by atoms with Crippen LogP contribution in [0.4, 0.5) is 11.5 Å². The van der Waals surface area contributed by atoms with Crippen LogP contribution in [-0.2, 0) is 4.74 Å². The van der Waals surface area contributed by atoms with Gasteiger partial charge in [0.15, 0.2) is 5.82 Å². The molecule has 0 unspecified atom stereocenters. The Kier molecular flexibility index (Phi) is 6.62. The van der Waals surface area contributed by atoms with Crippen LogP contribution < -0.4 is 20.3 Å². The number of aromatic nitrogens is 2. The normalized spacial score (nSPS) is 14.5. The van der Waals surface area contributed by atoms with Gasteiger partial charge in [0.05, 0.1) is 13.2 Å². The minimum atomic E-state index is 0.448. The summed E-state index contributed by atoms with van der Waals surface area (Å²) < 4.78 is 10.8. The molecule has 3 rings (SSSR count). The molecule has 0 bridgehead atoms. The number of nitrogens with two attached hydrogens (primary N) is 1. The van der Waals surface area contributed by atoms with Gasteiger partial charge in [0.1, 0.15) is 6.61 Å². The Morgan fingerprint density at radius 3 is 2.46 bits per heavy atom. The van der Waals surface area contributed by atoms with E-state index in [9.17, 15) is 0 Å². The number of aryl methyl sites for hydroxylation is 1. The molecule has 1 saturated heterocycles. The van der Waals surface area contributed by atoms with E-state index in [4.69, 9.17) is 15.2 Å². The maximum atomic E-state index is 5.51. The SMILES string of the molecule is Cc1cccc(N2CCN(c3ccc(OCCOCCN)nn3)CC2)c1. The molecular formula is C19H27N5O2. The van der Waals surface area contributed by atoms with Gasteiger partial charge in [0.25, 0.3) is 0 Å². The summed E-state index contributed by atoms with van der Waals surface area (Å²) in [7, 11) is 0. The molecule has 26 heavy (non-hydrogen) atoms. The van der Waals surface area contributed by atoms with Crippen molar-refractivity contribution in [2.45, 2.75) is 6.92 Å². The Balaban J connectivity index is 1.47. The molecule has 2 N–H and O–H groups in total. The van der Waals surface area contributed by atoms with Crippen molar-refractivity contribution in [2.24, 2.45) is 5.73 Å². The third kappa shape index (κ3) is 5.06. The molecular weight excluding hydrogens is 330 g/mol. The summed E-state index contributed by atoms with van der Waals surface area (Å²) in [5.74, 6) is 1.41. The van der Waals surface area contributed by atoms with Crippen LogP contribution in [0.25, 0.3) is 0 Å². The molecule has 0 amide bonds. The van der Waals surface area contributed by atoms with Crippen LogP contribution in [0.15, 0.2) is 36.4 Å². The number of rotatable bonds is 8. The molecule has 7 heteroatoms. The van der Waals surface area contributed by atoms with Gasteiger partial charge in [0, 0.05) is 44.5 Å². The molecule has 0 atom stereocenters. The number of piperazine rings is 1. The van der Waals surface area contributed by atoms with Crippen LogP contribution in [0, 0.1) is 6.92 Å². The number of ether oxygens (including phenoxy) is 2. The first-order chi connectivity index (χ1) is 12.8. The lowest BCUT2D eigenvalue weighted by Crippen LogP contribution is -2.46. The molecule has 1 fully saturated rings. The maximum Gasteiger partial charge on any atom is 0.233 e.